The Balaban J connectivity index is 1.91. The number of hydrogen-bond donors (Lipinski definition) is 0. The molecule has 0 aliphatic rings. The molecular formula is C39H36O. The second-order valence-electron chi connectivity index (χ2n) is 10.5. The summed E-state index contributed by atoms with van der Waals surface area (Å²) in [7, 11) is 1.71. The highest BCUT2D eigenvalue weighted by molar-refractivity contribution is 6.21. The maximum atomic E-state index is 5.52. The van der Waals surface area contributed by atoms with Crippen molar-refractivity contribution in [3.05, 3.63) is 171 Å². The molecule has 0 aromatic heterocycles. The van der Waals surface area contributed by atoms with Crippen LogP contribution in [-0.4, -0.2) is 7.11 Å². The number of benzene rings is 5. The van der Waals surface area contributed by atoms with Gasteiger partial charge in [0.25, 0.3) is 0 Å². The summed E-state index contributed by atoms with van der Waals surface area (Å²) in [5.74, 6) is 0.845. The highest BCUT2D eigenvalue weighted by atomic mass is 16.5. The van der Waals surface area contributed by atoms with E-state index in [2.05, 4.69) is 143 Å². The van der Waals surface area contributed by atoms with Crippen LogP contribution >= 0.6 is 0 Å². The van der Waals surface area contributed by atoms with E-state index in [4.69, 9.17) is 4.74 Å². The van der Waals surface area contributed by atoms with Crippen LogP contribution in [0.25, 0.3) is 22.8 Å². The Morgan fingerprint density at radius 1 is 0.450 bits per heavy atom. The topological polar surface area (TPSA) is 9.23 Å². The highest BCUT2D eigenvalue weighted by Crippen LogP contribution is 2.42. The lowest BCUT2D eigenvalue weighted by atomic mass is 9.82. The van der Waals surface area contributed by atoms with Crippen LogP contribution in [0.4, 0.5) is 0 Å². The molecule has 0 fully saturated rings. The zero-order valence-corrected chi connectivity index (χ0v) is 24.0. The van der Waals surface area contributed by atoms with Crippen molar-refractivity contribution < 1.29 is 4.74 Å². The summed E-state index contributed by atoms with van der Waals surface area (Å²) >= 11 is 0. The summed E-state index contributed by atoms with van der Waals surface area (Å²) < 4.78 is 5.52. The molecule has 1 heteroatoms. The van der Waals surface area contributed by atoms with Gasteiger partial charge in [0, 0.05) is 0 Å². The van der Waals surface area contributed by atoms with Crippen LogP contribution in [0.15, 0.2) is 121 Å². The zero-order chi connectivity index (χ0) is 28.1. The van der Waals surface area contributed by atoms with Gasteiger partial charge in [-0.05, 0) is 90.4 Å². The standard InChI is InChI=1S/C39H36O/c1-27-6-14-31(15-7-27)26-37(32-16-8-28(2)9-17-32)39(35-20-12-30(4)13-21-35)38(33-18-10-29(3)11-19-33)34-22-24-36(40-5)25-23-34/h6-26H,1-5H3/b37-26-,39-38-. The van der Waals surface area contributed by atoms with Gasteiger partial charge in [0.2, 0.25) is 0 Å². The van der Waals surface area contributed by atoms with Gasteiger partial charge < -0.3 is 4.74 Å². The monoisotopic (exact) mass is 520 g/mol. The molecule has 5 aromatic rings. The number of methoxy groups -OCH3 is 1. The summed E-state index contributed by atoms with van der Waals surface area (Å²) in [6.07, 6.45) is 2.33. The Kier molecular flexibility index (Phi) is 8.12. The lowest BCUT2D eigenvalue weighted by molar-refractivity contribution is 0.415. The van der Waals surface area contributed by atoms with Crippen molar-refractivity contribution in [1.29, 1.82) is 0 Å². The number of allylic oxidation sites excluding steroid dienone is 2. The highest BCUT2D eigenvalue weighted by Gasteiger charge is 2.20. The van der Waals surface area contributed by atoms with E-state index in [0.29, 0.717) is 0 Å². The molecule has 0 atom stereocenters. The number of ether oxygens (including phenoxy) is 1. The molecule has 0 N–H and O–H groups in total. The smallest absolute Gasteiger partial charge is 0.118 e. The van der Waals surface area contributed by atoms with Gasteiger partial charge in [-0.1, -0.05) is 131 Å². The normalized spacial score (nSPS) is 12.2. The predicted molar refractivity (Wildman–Crippen MR) is 171 cm³/mol. The second-order valence-corrected chi connectivity index (χ2v) is 10.5. The molecule has 40 heavy (non-hydrogen) atoms. The Bertz CT molecular complexity index is 1630. The zero-order valence-electron chi connectivity index (χ0n) is 24.0. The van der Waals surface area contributed by atoms with Crippen LogP contribution in [0, 0.1) is 27.7 Å². The quantitative estimate of drug-likeness (QED) is 0.153. The molecule has 5 aromatic carbocycles. The molecule has 0 saturated carbocycles. The minimum absolute atomic E-state index is 0.845. The Morgan fingerprint density at radius 2 is 0.825 bits per heavy atom. The van der Waals surface area contributed by atoms with E-state index in [1.54, 1.807) is 7.11 Å². The van der Waals surface area contributed by atoms with Gasteiger partial charge >= 0.3 is 0 Å². The molecule has 198 valence electrons. The maximum Gasteiger partial charge on any atom is 0.118 e. The molecule has 0 saturated heterocycles. The van der Waals surface area contributed by atoms with Crippen LogP contribution in [0.5, 0.6) is 5.75 Å². The lowest BCUT2D eigenvalue weighted by Crippen LogP contribution is -2.00. The summed E-state index contributed by atoms with van der Waals surface area (Å²) in [5.41, 5.74) is 14.4. The van der Waals surface area contributed by atoms with Gasteiger partial charge in [-0.15, -0.1) is 0 Å². The van der Waals surface area contributed by atoms with Crippen molar-refractivity contribution in [1.82, 2.24) is 0 Å². The predicted octanol–water partition coefficient (Wildman–Crippen LogP) is 10.1. The van der Waals surface area contributed by atoms with Crippen molar-refractivity contribution in [2.75, 3.05) is 7.11 Å². The SMILES string of the molecule is COc1ccc(/C(=C(\C(=C/c2ccc(C)cc2)c2ccc(C)cc2)c2ccc(C)cc2)c2ccc(C)cc2)cc1. The lowest BCUT2D eigenvalue weighted by Gasteiger charge is -2.22. The van der Waals surface area contributed by atoms with E-state index >= 15 is 0 Å². The Morgan fingerprint density at radius 3 is 1.27 bits per heavy atom. The van der Waals surface area contributed by atoms with E-state index in [9.17, 15) is 0 Å². The van der Waals surface area contributed by atoms with Gasteiger partial charge in [0.1, 0.15) is 5.75 Å². The Labute approximate surface area is 239 Å². The van der Waals surface area contributed by atoms with E-state index < -0.39 is 0 Å². The number of hydrogen-bond acceptors (Lipinski definition) is 1. The molecule has 0 aliphatic heterocycles. The molecule has 5 rings (SSSR count). The first-order chi connectivity index (χ1) is 19.4. The first-order valence-electron chi connectivity index (χ1n) is 13.8. The van der Waals surface area contributed by atoms with E-state index in [0.717, 1.165) is 11.3 Å². The third-order valence-electron chi connectivity index (χ3n) is 7.33. The van der Waals surface area contributed by atoms with Crippen LogP contribution in [-0.2, 0) is 0 Å². The van der Waals surface area contributed by atoms with Gasteiger partial charge in [0.05, 0.1) is 7.11 Å². The van der Waals surface area contributed by atoms with Crippen molar-refractivity contribution in [3.8, 4) is 5.75 Å². The van der Waals surface area contributed by atoms with Crippen LogP contribution in [0.2, 0.25) is 0 Å². The first kappa shape index (κ1) is 27.0. The number of aryl methyl sites for hydroxylation is 4. The average molecular weight is 521 g/mol. The summed E-state index contributed by atoms with van der Waals surface area (Å²) in [6.45, 7) is 8.54. The van der Waals surface area contributed by atoms with E-state index in [1.807, 2.05) is 12.1 Å². The number of rotatable bonds is 7. The van der Waals surface area contributed by atoms with Crippen LogP contribution in [0.1, 0.15) is 50.1 Å². The van der Waals surface area contributed by atoms with E-state index in [-0.39, 0.29) is 0 Å². The summed E-state index contributed by atoms with van der Waals surface area (Å²) in [5, 5.41) is 0. The molecular weight excluding hydrogens is 484 g/mol. The Hall–Kier alpha value is -4.62. The fourth-order valence-corrected chi connectivity index (χ4v) is 4.95. The second kappa shape index (κ2) is 12.1. The molecule has 0 heterocycles. The maximum absolute atomic E-state index is 5.52. The van der Waals surface area contributed by atoms with Gasteiger partial charge in [-0.25, -0.2) is 0 Å². The van der Waals surface area contributed by atoms with Gasteiger partial charge in [-0.3, -0.25) is 0 Å². The minimum atomic E-state index is 0.845. The van der Waals surface area contributed by atoms with Gasteiger partial charge in [0.15, 0.2) is 0 Å². The molecule has 0 amide bonds. The molecule has 0 aliphatic carbocycles. The average Bonchev–Trinajstić information content (AvgIpc) is 2.98. The fraction of sp³-hybridized carbons (Fsp3) is 0.128. The molecule has 0 bridgehead atoms. The van der Waals surface area contributed by atoms with Crippen molar-refractivity contribution >= 4 is 22.8 Å². The van der Waals surface area contributed by atoms with Crippen molar-refractivity contribution in [2.45, 2.75) is 27.7 Å². The van der Waals surface area contributed by atoms with Crippen molar-refractivity contribution in [2.24, 2.45) is 0 Å². The van der Waals surface area contributed by atoms with Gasteiger partial charge in [-0.2, -0.15) is 0 Å². The summed E-state index contributed by atoms with van der Waals surface area (Å²) in [6, 6.07) is 43.8. The van der Waals surface area contributed by atoms with E-state index in [1.165, 1.54) is 61.2 Å². The van der Waals surface area contributed by atoms with Crippen LogP contribution in [0.3, 0.4) is 0 Å². The third kappa shape index (κ3) is 6.16. The largest absolute Gasteiger partial charge is 0.497 e. The summed E-state index contributed by atoms with van der Waals surface area (Å²) in [4.78, 5) is 0. The minimum Gasteiger partial charge on any atom is -0.497 e. The third-order valence-corrected chi connectivity index (χ3v) is 7.33. The van der Waals surface area contributed by atoms with Crippen LogP contribution < -0.4 is 4.74 Å². The molecule has 0 spiro atoms. The molecule has 1 nitrogen and oxygen atoms in total. The first-order valence-corrected chi connectivity index (χ1v) is 13.8. The fourth-order valence-electron chi connectivity index (χ4n) is 4.95. The van der Waals surface area contributed by atoms with Crippen molar-refractivity contribution in [3.63, 3.8) is 0 Å². The molecule has 0 unspecified atom stereocenters. The molecule has 0 radical (unpaired) electrons.